The molecular weight excluding hydrogens is 254 g/mol. The first-order valence-electron chi connectivity index (χ1n) is 5.52. The minimum atomic E-state index is -0.525. The van der Waals surface area contributed by atoms with Crippen LogP contribution in [0.15, 0.2) is 29.2 Å². The minimum absolute atomic E-state index is 0.285. The summed E-state index contributed by atoms with van der Waals surface area (Å²) in [4.78, 5) is 16.6. The summed E-state index contributed by atoms with van der Waals surface area (Å²) in [6.07, 6.45) is 0.698. The molecule has 0 atom stereocenters. The molecule has 6 heteroatoms. The summed E-state index contributed by atoms with van der Waals surface area (Å²) in [5.41, 5.74) is -0.525. The lowest BCUT2D eigenvalue weighted by Crippen LogP contribution is -2.28. The van der Waals surface area contributed by atoms with E-state index in [0.717, 1.165) is 12.0 Å². The van der Waals surface area contributed by atoms with Crippen molar-refractivity contribution in [3.05, 3.63) is 24.3 Å². The van der Waals surface area contributed by atoms with Gasteiger partial charge in [0.15, 0.2) is 0 Å². The first kappa shape index (κ1) is 15.0. The van der Waals surface area contributed by atoms with E-state index in [-0.39, 0.29) is 5.97 Å². The van der Waals surface area contributed by atoms with Crippen LogP contribution in [0.5, 0.6) is 5.75 Å². The monoisotopic (exact) mass is 271 g/mol. The molecule has 0 saturated carbocycles. The maximum atomic E-state index is 12.0. The summed E-state index contributed by atoms with van der Waals surface area (Å²) in [5, 5.41) is 0. The van der Waals surface area contributed by atoms with Crippen LogP contribution < -0.4 is 10.6 Å². The van der Waals surface area contributed by atoms with Crippen molar-refractivity contribution in [2.24, 2.45) is 11.3 Å². The van der Waals surface area contributed by atoms with Crippen molar-refractivity contribution in [1.29, 1.82) is 0 Å². The van der Waals surface area contributed by atoms with Crippen molar-refractivity contribution >= 4 is 18.0 Å². The van der Waals surface area contributed by atoms with Crippen molar-refractivity contribution < 1.29 is 18.9 Å². The number of ether oxygens (including phenoxy) is 1. The van der Waals surface area contributed by atoms with Gasteiger partial charge in [0.2, 0.25) is 0 Å². The molecule has 0 bridgehead atoms. The van der Waals surface area contributed by atoms with E-state index in [2.05, 4.69) is 9.32 Å². The van der Waals surface area contributed by atoms with Gasteiger partial charge in [0.1, 0.15) is 5.75 Å². The van der Waals surface area contributed by atoms with Gasteiger partial charge in [-0.25, -0.2) is 0 Å². The number of hydrogen-bond donors (Lipinski definition) is 1. The van der Waals surface area contributed by atoms with Gasteiger partial charge in [0.05, 0.1) is 22.4 Å². The smallest absolute Gasteiger partial charge is 0.316 e. The number of esters is 1. The normalized spacial score (nSPS) is 11.3. The van der Waals surface area contributed by atoms with Crippen molar-refractivity contribution in [3.63, 3.8) is 0 Å². The number of carbonyl (C=O) groups excluding carboxylic acids is 1. The summed E-state index contributed by atoms with van der Waals surface area (Å²) < 4.78 is 9.92. The van der Waals surface area contributed by atoms with E-state index in [0.29, 0.717) is 17.1 Å². The molecule has 1 rings (SSSR count). The topological polar surface area (TPSA) is 70.8 Å². The SMILES string of the molecule is CCC(C)(C)C(=O)Oc1ccccc1SOON. The molecule has 1 aromatic carbocycles. The Balaban J connectivity index is 2.81. The standard InChI is InChI=1S/C12H17NO4S/c1-4-12(2,3)11(14)15-9-7-5-6-8-10(9)18-17-16-13/h5-8H,4,13H2,1-3H3. The van der Waals surface area contributed by atoms with E-state index in [1.165, 1.54) is 0 Å². The molecular formula is C12H17NO4S. The van der Waals surface area contributed by atoms with Crippen LogP contribution in [0, 0.1) is 5.41 Å². The van der Waals surface area contributed by atoms with Gasteiger partial charge >= 0.3 is 5.97 Å². The number of hydrogen-bond acceptors (Lipinski definition) is 6. The van der Waals surface area contributed by atoms with Crippen LogP contribution in [0.1, 0.15) is 27.2 Å². The molecule has 0 heterocycles. The quantitative estimate of drug-likeness (QED) is 0.282. The highest BCUT2D eigenvalue weighted by Crippen LogP contribution is 2.32. The Bertz CT molecular complexity index is 409. The summed E-state index contributed by atoms with van der Waals surface area (Å²) in [5.74, 6) is 4.90. The molecule has 0 aliphatic rings. The van der Waals surface area contributed by atoms with E-state index in [9.17, 15) is 4.79 Å². The fourth-order valence-corrected chi connectivity index (χ4v) is 1.48. The number of benzene rings is 1. The molecule has 0 aliphatic heterocycles. The van der Waals surface area contributed by atoms with Crippen molar-refractivity contribution in [2.45, 2.75) is 32.1 Å². The third-order valence-corrected chi connectivity index (χ3v) is 3.31. The first-order valence-corrected chi connectivity index (χ1v) is 6.27. The highest BCUT2D eigenvalue weighted by molar-refractivity contribution is 7.94. The zero-order valence-corrected chi connectivity index (χ0v) is 11.5. The number of para-hydroxylation sites is 1. The molecule has 0 aliphatic carbocycles. The molecule has 0 amide bonds. The van der Waals surface area contributed by atoms with Crippen LogP contribution >= 0.6 is 12.0 Å². The third kappa shape index (κ3) is 3.99. The molecule has 2 N–H and O–H groups in total. The number of carbonyl (C=O) groups is 1. The largest absolute Gasteiger partial charge is 0.425 e. The molecule has 0 saturated heterocycles. The second-order valence-corrected chi connectivity index (χ2v) is 5.06. The average Bonchev–Trinajstić information content (AvgIpc) is 2.37. The van der Waals surface area contributed by atoms with Crippen LogP contribution in [-0.2, 0) is 14.1 Å². The summed E-state index contributed by atoms with van der Waals surface area (Å²) in [6.45, 7) is 5.61. The number of rotatable bonds is 6. The van der Waals surface area contributed by atoms with Crippen LogP contribution in [0.4, 0.5) is 0 Å². The molecule has 0 spiro atoms. The fraction of sp³-hybridized carbons (Fsp3) is 0.417. The zero-order valence-electron chi connectivity index (χ0n) is 10.6. The second-order valence-electron chi connectivity index (χ2n) is 4.32. The minimum Gasteiger partial charge on any atom is -0.425 e. The van der Waals surface area contributed by atoms with Gasteiger partial charge in [-0.05, 0) is 32.4 Å². The Morgan fingerprint density at radius 1 is 1.39 bits per heavy atom. The lowest BCUT2D eigenvalue weighted by atomic mass is 9.91. The molecule has 18 heavy (non-hydrogen) atoms. The summed E-state index contributed by atoms with van der Waals surface area (Å²) in [6, 6.07) is 7.00. The lowest BCUT2D eigenvalue weighted by Gasteiger charge is -2.20. The Morgan fingerprint density at radius 2 is 2.06 bits per heavy atom. The molecule has 0 unspecified atom stereocenters. The van der Waals surface area contributed by atoms with E-state index in [4.69, 9.17) is 10.6 Å². The van der Waals surface area contributed by atoms with Gasteiger partial charge in [-0.3, -0.25) is 4.79 Å². The fourth-order valence-electron chi connectivity index (χ4n) is 1.04. The summed E-state index contributed by atoms with van der Waals surface area (Å²) >= 11 is 0.883. The maximum absolute atomic E-state index is 12.0. The van der Waals surface area contributed by atoms with Crippen molar-refractivity contribution in [1.82, 2.24) is 0 Å². The Hall–Kier alpha value is -1.08. The van der Waals surface area contributed by atoms with Gasteiger partial charge in [-0.1, -0.05) is 19.1 Å². The molecule has 0 aromatic heterocycles. The Morgan fingerprint density at radius 3 is 2.67 bits per heavy atom. The average molecular weight is 271 g/mol. The molecule has 0 radical (unpaired) electrons. The third-order valence-electron chi connectivity index (χ3n) is 2.65. The lowest BCUT2D eigenvalue weighted by molar-refractivity contribution is -0.195. The van der Waals surface area contributed by atoms with Gasteiger partial charge in [-0.15, -0.1) is 9.32 Å². The van der Waals surface area contributed by atoms with Crippen molar-refractivity contribution in [3.8, 4) is 5.75 Å². The van der Waals surface area contributed by atoms with E-state index in [1.807, 2.05) is 20.8 Å². The molecule has 0 fully saturated rings. The Labute approximate surface area is 111 Å². The molecule has 1 aromatic rings. The van der Waals surface area contributed by atoms with Crippen LogP contribution in [0.3, 0.4) is 0 Å². The first-order chi connectivity index (χ1) is 8.51. The predicted molar refractivity (Wildman–Crippen MR) is 68.4 cm³/mol. The maximum Gasteiger partial charge on any atom is 0.316 e. The van der Waals surface area contributed by atoms with Gasteiger partial charge in [0, 0.05) is 0 Å². The predicted octanol–water partition coefficient (Wildman–Crippen LogP) is 2.86. The van der Waals surface area contributed by atoms with Gasteiger partial charge < -0.3 is 4.74 Å². The molecule has 5 nitrogen and oxygen atoms in total. The van der Waals surface area contributed by atoms with Crippen LogP contribution in [-0.4, -0.2) is 5.97 Å². The van der Waals surface area contributed by atoms with Crippen molar-refractivity contribution in [2.75, 3.05) is 0 Å². The second kappa shape index (κ2) is 6.75. The van der Waals surface area contributed by atoms with Gasteiger partial charge in [-0.2, -0.15) is 5.90 Å². The number of nitrogens with two attached hydrogens (primary N) is 1. The van der Waals surface area contributed by atoms with Crippen LogP contribution in [0.2, 0.25) is 0 Å². The highest BCUT2D eigenvalue weighted by Gasteiger charge is 2.28. The molecule has 100 valence electrons. The zero-order chi connectivity index (χ0) is 13.6. The van der Waals surface area contributed by atoms with E-state index >= 15 is 0 Å². The highest BCUT2D eigenvalue weighted by atomic mass is 32.2. The van der Waals surface area contributed by atoms with E-state index < -0.39 is 5.41 Å². The van der Waals surface area contributed by atoms with Gasteiger partial charge in [0.25, 0.3) is 0 Å². The van der Waals surface area contributed by atoms with Crippen LogP contribution in [0.25, 0.3) is 0 Å². The van der Waals surface area contributed by atoms with E-state index in [1.54, 1.807) is 24.3 Å². The Kier molecular flexibility index (Phi) is 5.61. The summed E-state index contributed by atoms with van der Waals surface area (Å²) in [7, 11) is 0.